The van der Waals surface area contributed by atoms with Gasteiger partial charge in [-0.15, -0.1) is 24.0 Å². The minimum absolute atomic E-state index is 0. The van der Waals surface area contributed by atoms with Crippen LogP contribution in [0.25, 0.3) is 0 Å². The number of rotatable bonds is 7. The van der Waals surface area contributed by atoms with Crippen LogP contribution in [0, 0.1) is 5.82 Å². The third-order valence-corrected chi connectivity index (χ3v) is 2.35. The maximum Gasteiger partial charge on any atom is 0.188 e. The van der Waals surface area contributed by atoms with Crippen LogP contribution in [-0.2, 0) is 0 Å². The molecule has 4 nitrogen and oxygen atoms in total. The maximum absolute atomic E-state index is 12.7. The summed E-state index contributed by atoms with van der Waals surface area (Å²) in [4.78, 5) is 4.20. The lowest BCUT2D eigenvalue weighted by Gasteiger charge is -2.08. The molecule has 1 aromatic rings. The standard InChI is InChI=1S/C14H22FN3O.HI/c1-11(2)18-14(16)17-9-3-4-10-19-13-7-5-12(15)6-8-13;/h5-8,11H,3-4,9-10H2,1-2H3,(H3,16,17,18);1H. The summed E-state index contributed by atoms with van der Waals surface area (Å²) in [5.41, 5.74) is 5.67. The molecule has 0 saturated heterocycles. The van der Waals surface area contributed by atoms with Gasteiger partial charge in [0.25, 0.3) is 0 Å². The van der Waals surface area contributed by atoms with Crippen molar-refractivity contribution in [3.05, 3.63) is 30.1 Å². The number of benzene rings is 1. The highest BCUT2D eigenvalue weighted by molar-refractivity contribution is 14.0. The Morgan fingerprint density at radius 3 is 2.55 bits per heavy atom. The zero-order chi connectivity index (χ0) is 14.1. The van der Waals surface area contributed by atoms with Gasteiger partial charge >= 0.3 is 0 Å². The van der Waals surface area contributed by atoms with Crippen molar-refractivity contribution in [2.45, 2.75) is 32.7 Å². The second-order valence-electron chi connectivity index (χ2n) is 4.58. The van der Waals surface area contributed by atoms with E-state index in [9.17, 15) is 4.39 Å². The number of guanidine groups is 1. The Bertz CT molecular complexity index is 396. The number of ether oxygens (including phenoxy) is 1. The monoisotopic (exact) mass is 395 g/mol. The van der Waals surface area contributed by atoms with Gasteiger partial charge in [0.15, 0.2) is 5.96 Å². The molecule has 0 bridgehead atoms. The second-order valence-corrected chi connectivity index (χ2v) is 4.58. The predicted octanol–water partition coefficient (Wildman–Crippen LogP) is 2.92. The fourth-order valence-corrected chi connectivity index (χ4v) is 1.48. The van der Waals surface area contributed by atoms with Crippen molar-refractivity contribution in [1.29, 1.82) is 0 Å². The molecule has 0 unspecified atom stereocenters. The summed E-state index contributed by atoms with van der Waals surface area (Å²) in [5.74, 6) is 0.912. The molecule has 0 fully saturated rings. The van der Waals surface area contributed by atoms with E-state index < -0.39 is 0 Å². The number of hydrogen-bond donors (Lipinski definition) is 2. The van der Waals surface area contributed by atoms with Gasteiger partial charge in [0.2, 0.25) is 0 Å². The Kier molecular flexibility index (Phi) is 10.1. The summed E-state index contributed by atoms with van der Waals surface area (Å²) in [6, 6.07) is 6.32. The van der Waals surface area contributed by atoms with Gasteiger partial charge < -0.3 is 15.8 Å². The highest BCUT2D eigenvalue weighted by atomic mass is 127. The molecule has 0 spiro atoms. The smallest absolute Gasteiger partial charge is 0.188 e. The third-order valence-electron chi connectivity index (χ3n) is 2.35. The molecule has 0 heterocycles. The van der Waals surface area contributed by atoms with Crippen LogP contribution in [0.3, 0.4) is 0 Å². The molecule has 6 heteroatoms. The van der Waals surface area contributed by atoms with Crippen LogP contribution in [-0.4, -0.2) is 25.2 Å². The van der Waals surface area contributed by atoms with Gasteiger partial charge in [0, 0.05) is 12.6 Å². The van der Waals surface area contributed by atoms with E-state index in [0.29, 0.717) is 30.9 Å². The van der Waals surface area contributed by atoms with E-state index in [1.54, 1.807) is 12.1 Å². The number of nitrogens with one attached hydrogen (secondary N) is 1. The largest absolute Gasteiger partial charge is 0.494 e. The Hall–Kier alpha value is -1.05. The average Bonchev–Trinajstić information content (AvgIpc) is 2.35. The first-order valence-corrected chi connectivity index (χ1v) is 6.53. The van der Waals surface area contributed by atoms with Crippen LogP contribution in [0.4, 0.5) is 4.39 Å². The zero-order valence-corrected chi connectivity index (χ0v) is 14.3. The van der Waals surface area contributed by atoms with E-state index in [4.69, 9.17) is 10.5 Å². The van der Waals surface area contributed by atoms with Crippen molar-refractivity contribution in [3.63, 3.8) is 0 Å². The van der Waals surface area contributed by atoms with Gasteiger partial charge in [-0.25, -0.2) is 4.39 Å². The Morgan fingerprint density at radius 2 is 1.95 bits per heavy atom. The Balaban J connectivity index is 0.00000361. The Morgan fingerprint density at radius 1 is 1.30 bits per heavy atom. The normalized spacial score (nSPS) is 11.1. The molecule has 0 aromatic heterocycles. The molecule has 0 amide bonds. The van der Waals surface area contributed by atoms with E-state index >= 15 is 0 Å². The molecular weight excluding hydrogens is 372 g/mol. The summed E-state index contributed by atoms with van der Waals surface area (Å²) >= 11 is 0. The minimum atomic E-state index is -0.255. The number of unbranched alkanes of at least 4 members (excludes halogenated alkanes) is 1. The van der Waals surface area contributed by atoms with Crippen molar-refractivity contribution >= 4 is 29.9 Å². The first kappa shape index (κ1) is 18.9. The van der Waals surface area contributed by atoms with Crippen molar-refractivity contribution < 1.29 is 9.13 Å². The van der Waals surface area contributed by atoms with Crippen LogP contribution in [0.2, 0.25) is 0 Å². The lowest BCUT2D eigenvalue weighted by atomic mass is 10.3. The first-order valence-electron chi connectivity index (χ1n) is 6.53. The van der Waals surface area contributed by atoms with Crippen LogP contribution in [0.1, 0.15) is 26.7 Å². The van der Waals surface area contributed by atoms with Crippen LogP contribution >= 0.6 is 24.0 Å². The highest BCUT2D eigenvalue weighted by Crippen LogP contribution is 2.11. The van der Waals surface area contributed by atoms with Crippen LogP contribution < -0.4 is 15.8 Å². The van der Waals surface area contributed by atoms with Gasteiger partial charge in [-0.3, -0.25) is 4.99 Å². The summed E-state index contributed by atoms with van der Waals surface area (Å²) in [5, 5.41) is 3.03. The lowest BCUT2D eigenvalue weighted by Crippen LogP contribution is -2.36. The van der Waals surface area contributed by atoms with Crippen molar-refractivity contribution in [1.82, 2.24) is 5.32 Å². The first-order chi connectivity index (χ1) is 9.08. The molecule has 114 valence electrons. The van der Waals surface area contributed by atoms with E-state index in [0.717, 1.165) is 12.8 Å². The molecule has 0 atom stereocenters. The molecule has 0 radical (unpaired) electrons. The fourth-order valence-electron chi connectivity index (χ4n) is 1.48. The van der Waals surface area contributed by atoms with Gasteiger partial charge in [-0.1, -0.05) is 0 Å². The van der Waals surface area contributed by atoms with Crippen LogP contribution in [0.15, 0.2) is 29.3 Å². The van der Waals surface area contributed by atoms with Crippen molar-refractivity contribution in [2.24, 2.45) is 10.7 Å². The molecule has 0 aliphatic rings. The fraction of sp³-hybridized carbons (Fsp3) is 0.500. The number of halogens is 2. The quantitative estimate of drug-likeness (QED) is 0.323. The maximum atomic E-state index is 12.7. The minimum Gasteiger partial charge on any atom is -0.494 e. The summed E-state index contributed by atoms with van der Waals surface area (Å²) in [7, 11) is 0. The molecule has 0 aliphatic carbocycles. The van der Waals surface area contributed by atoms with Gasteiger partial charge in [0.05, 0.1) is 6.61 Å². The summed E-state index contributed by atoms with van der Waals surface area (Å²) in [6.45, 7) is 5.30. The summed E-state index contributed by atoms with van der Waals surface area (Å²) in [6.07, 6.45) is 1.79. The summed E-state index contributed by atoms with van der Waals surface area (Å²) < 4.78 is 18.1. The molecule has 0 aliphatic heterocycles. The Labute approximate surface area is 137 Å². The molecule has 3 N–H and O–H groups in total. The number of aliphatic imine (C=N–C) groups is 1. The topological polar surface area (TPSA) is 59.6 Å². The highest BCUT2D eigenvalue weighted by Gasteiger charge is 1.96. The predicted molar refractivity (Wildman–Crippen MR) is 91.3 cm³/mol. The van der Waals surface area contributed by atoms with Gasteiger partial charge in [-0.05, 0) is 51.0 Å². The van der Waals surface area contributed by atoms with Crippen LogP contribution in [0.5, 0.6) is 5.75 Å². The molecule has 1 rings (SSSR count). The molecule has 1 aromatic carbocycles. The van der Waals surface area contributed by atoms with E-state index in [1.165, 1.54) is 12.1 Å². The van der Waals surface area contributed by atoms with Crippen molar-refractivity contribution in [3.8, 4) is 5.75 Å². The van der Waals surface area contributed by atoms with E-state index in [-0.39, 0.29) is 29.8 Å². The molecule has 0 saturated carbocycles. The number of nitrogens with two attached hydrogens (primary N) is 1. The lowest BCUT2D eigenvalue weighted by molar-refractivity contribution is 0.307. The SMILES string of the molecule is CC(C)NC(N)=NCCCCOc1ccc(F)cc1.I. The number of nitrogens with zero attached hydrogens (tertiary/aromatic N) is 1. The van der Waals surface area contributed by atoms with Crippen molar-refractivity contribution in [2.75, 3.05) is 13.2 Å². The zero-order valence-electron chi connectivity index (χ0n) is 11.9. The third kappa shape index (κ3) is 8.95. The van der Waals surface area contributed by atoms with Gasteiger partial charge in [-0.2, -0.15) is 0 Å². The van der Waals surface area contributed by atoms with E-state index in [1.807, 2.05) is 13.8 Å². The van der Waals surface area contributed by atoms with Gasteiger partial charge in [0.1, 0.15) is 11.6 Å². The second kappa shape index (κ2) is 10.7. The van der Waals surface area contributed by atoms with E-state index in [2.05, 4.69) is 10.3 Å². The average molecular weight is 395 g/mol. The molecule has 20 heavy (non-hydrogen) atoms. The number of hydrogen-bond acceptors (Lipinski definition) is 2. The molecular formula is C14H23FIN3O.